The Morgan fingerprint density at radius 2 is 2.19 bits per heavy atom. The number of rotatable bonds is 3. The van der Waals surface area contributed by atoms with E-state index >= 15 is 0 Å². The fourth-order valence-electron chi connectivity index (χ4n) is 2.37. The molecule has 1 aromatic carbocycles. The van der Waals surface area contributed by atoms with Crippen LogP contribution in [-0.4, -0.2) is 5.91 Å². The van der Waals surface area contributed by atoms with Crippen LogP contribution in [0.4, 0.5) is 15.8 Å². The van der Waals surface area contributed by atoms with Gasteiger partial charge < -0.3 is 15.1 Å². The van der Waals surface area contributed by atoms with Crippen molar-refractivity contribution in [2.24, 2.45) is 0 Å². The lowest BCUT2D eigenvalue weighted by atomic mass is 10.0. The minimum Gasteiger partial charge on any atom is -0.452 e. The molecule has 0 spiro atoms. The number of amides is 1. The van der Waals surface area contributed by atoms with Crippen molar-refractivity contribution in [3.05, 3.63) is 46.1 Å². The van der Waals surface area contributed by atoms with Gasteiger partial charge in [-0.3, -0.25) is 4.79 Å². The third kappa shape index (κ3) is 2.95. The summed E-state index contributed by atoms with van der Waals surface area (Å²) < 4.78 is 20.2. The SMILES string of the molecule is CC(Nc1cc2c(cc1F)CCC(=O)N2)c1ccc(Br)o1. The summed E-state index contributed by atoms with van der Waals surface area (Å²) in [5.74, 6) is 0.327. The lowest BCUT2D eigenvalue weighted by Crippen LogP contribution is -2.19. The van der Waals surface area contributed by atoms with Crippen LogP contribution < -0.4 is 10.6 Å². The van der Waals surface area contributed by atoms with Crippen LogP contribution >= 0.6 is 15.9 Å². The summed E-state index contributed by atoms with van der Waals surface area (Å²) in [6.45, 7) is 1.88. The maximum absolute atomic E-state index is 14.1. The summed E-state index contributed by atoms with van der Waals surface area (Å²) in [6.07, 6.45) is 0.967. The number of hydrogen-bond acceptors (Lipinski definition) is 3. The molecule has 0 fully saturated rings. The van der Waals surface area contributed by atoms with Crippen molar-refractivity contribution in [1.82, 2.24) is 0 Å². The second-order valence-corrected chi connectivity index (χ2v) is 5.83. The molecular weight excluding hydrogens is 339 g/mol. The molecule has 3 rings (SSSR count). The van der Waals surface area contributed by atoms with Crippen LogP contribution in [-0.2, 0) is 11.2 Å². The Hall–Kier alpha value is -1.82. The Bertz CT molecular complexity index is 699. The highest BCUT2D eigenvalue weighted by Crippen LogP contribution is 2.31. The van der Waals surface area contributed by atoms with E-state index in [-0.39, 0.29) is 17.8 Å². The normalized spacial score (nSPS) is 15.3. The number of aryl methyl sites for hydroxylation is 1. The molecular formula is C15H14BrFN2O2. The number of benzene rings is 1. The summed E-state index contributed by atoms with van der Waals surface area (Å²) in [4.78, 5) is 11.4. The molecule has 1 aromatic heterocycles. The smallest absolute Gasteiger partial charge is 0.224 e. The Morgan fingerprint density at radius 3 is 2.90 bits per heavy atom. The summed E-state index contributed by atoms with van der Waals surface area (Å²) in [7, 11) is 0. The van der Waals surface area contributed by atoms with Crippen molar-refractivity contribution in [3.8, 4) is 0 Å². The molecule has 0 saturated heterocycles. The van der Waals surface area contributed by atoms with Crippen molar-refractivity contribution >= 4 is 33.2 Å². The summed E-state index contributed by atoms with van der Waals surface area (Å²) in [6, 6.07) is 6.53. The first-order chi connectivity index (χ1) is 10.0. The number of anilines is 2. The molecule has 0 aliphatic carbocycles. The Kier molecular flexibility index (Phi) is 3.71. The summed E-state index contributed by atoms with van der Waals surface area (Å²) >= 11 is 3.24. The largest absolute Gasteiger partial charge is 0.452 e. The lowest BCUT2D eigenvalue weighted by molar-refractivity contribution is -0.116. The third-order valence-corrected chi connectivity index (χ3v) is 3.91. The highest BCUT2D eigenvalue weighted by atomic mass is 79.9. The standard InChI is InChI=1S/C15H14BrFN2O2/c1-8(13-3-4-14(16)21-13)18-12-7-11-9(6-10(12)17)2-5-15(20)19-11/h3-4,6-8,18H,2,5H2,1H3,(H,19,20). The van der Waals surface area contributed by atoms with E-state index in [0.29, 0.717) is 34.6 Å². The molecule has 1 atom stereocenters. The maximum Gasteiger partial charge on any atom is 0.224 e. The van der Waals surface area contributed by atoms with Gasteiger partial charge >= 0.3 is 0 Å². The average Bonchev–Trinajstić information content (AvgIpc) is 2.87. The van der Waals surface area contributed by atoms with Gasteiger partial charge in [0.2, 0.25) is 5.91 Å². The molecule has 1 unspecified atom stereocenters. The van der Waals surface area contributed by atoms with Gasteiger partial charge in [-0.1, -0.05) is 0 Å². The van der Waals surface area contributed by atoms with E-state index in [1.807, 2.05) is 13.0 Å². The van der Waals surface area contributed by atoms with Gasteiger partial charge in [0, 0.05) is 12.1 Å². The second-order valence-electron chi connectivity index (χ2n) is 5.05. The molecule has 21 heavy (non-hydrogen) atoms. The van der Waals surface area contributed by atoms with Crippen molar-refractivity contribution in [2.45, 2.75) is 25.8 Å². The van der Waals surface area contributed by atoms with Gasteiger partial charge in [-0.15, -0.1) is 0 Å². The monoisotopic (exact) mass is 352 g/mol. The van der Waals surface area contributed by atoms with E-state index < -0.39 is 0 Å². The molecule has 110 valence electrons. The van der Waals surface area contributed by atoms with Gasteiger partial charge in [-0.25, -0.2) is 4.39 Å². The van der Waals surface area contributed by atoms with Crippen LogP contribution in [0.5, 0.6) is 0 Å². The number of hydrogen-bond donors (Lipinski definition) is 2. The van der Waals surface area contributed by atoms with Crippen LogP contribution in [0.15, 0.2) is 33.4 Å². The highest BCUT2D eigenvalue weighted by Gasteiger charge is 2.19. The van der Waals surface area contributed by atoms with E-state index in [1.54, 1.807) is 12.1 Å². The summed E-state index contributed by atoms with van der Waals surface area (Å²) in [5.41, 5.74) is 1.84. The van der Waals surface area contributed by atoms with Crippen LogP contribution in [0.25, 0.3) is 0 Å². The quantitative estimate of drug-likeness (QED) is 0.868. The van der Waals surface area contributed by atoms with Crippen molar-refractivity contribution in [3.63, 3.8) is 0 Å². The zero-order valence-corrected chi connectivity index (χ0v) is 13.0. The lowest BCUT2D eigenvalue weighted by Gasteiger charge is -2.20. The molecule has 0 bridgehead atoms. The Labute approximate surface area is 129 Å². The van der Waals surface area contributed by atoms with E-state index in [0.717, 1.165) is 5.56 Å². The van der Waals surface area contributed by atoms with E-state index in [2.05, 4.69) is 26.6 Å². The number of carbonyl (C=O) groups is 1. The molecule has 2 aromatic rings. The molecule has 4 nitrogen and oxygen atoms in total. The predicted molar refractivity (Wildman–Crippen MR) is 81.8 cm³/mol. The molecule has 1 aliphatic heterocycles. The van der Waals surface area contributed by atoms with Gasteiger partial charge in [0.15, 0.2) is 4.67 Å². The van der Waals surface area contributed by atoms with Crippen molar-refractivity contribution in [1.29, 1.82) is 0 Å². The van der Waals surface area contributed by atoms with Crippen molar-refractivity contribution < 1.29 is 13.6 Å². The van der Waals surface area contributed by atoms with Gasteiger partial charge in [0.25, 0.3) is 0 Å². The zero-order valence-electron chi connectivity index (χ0n) is 11.4. The molecule has 0 saturated carbocycles. The average molecular weight is 353 g/mol. The first-order valence-electron chi connectivity index (χ1n) is 6.67. The number of nitrogens with one attached hydrogen (secondary N) is 2. The zero-order chi connectivity index (χ0) is 15.0. The van der Waals surface area contributed by atoms with Crippen LogP contribution in [0.2, 0.25) is 0 Å². The molecule has 2 heterocycles. The summed E-state index contributed by atoms with van der Waals surface area (Å²) in [5, 5.41) is 5.83. The highest BCUT2D eigenvalue weighted by molar-refractivity contribution is 9.10. The van der Waals surface area contributed by atoms with Gasteiger partial charge in [-0.05, 0) is 59.1 Å². The maximum atomic E-state index is 14.1. The molecule has 1 amide bonds. The first-order valence-corrected chi connectivity index (χ1v) is 7.46. The molecule has 2 N–H and O–H groups in total. The minimum absolute atomic E-state index is 0.0388. The molecule has 0 radical (unpaired) electrons. The van der Waals surface area contributed by atoms with Crippen LogP contribution in [0.1, 0.15) is 30.7 Å². The fourth-order valence-corrected chi connectivity index (χ4v) is 2.69. The molecule has 6 heteroatoms. The second kappa shape index (κ2) is 5.52. The Morgan fingerprint density at radius 1 is 1.38 bits per heavy atom. The Balaban J connectivity index is 1.85. The van der Waals surface area contributed by atoms with Gasteiger partial charge in [0.1, 0.15) is 11.6 Å². The number of halogens is 2. The van der Waals surface area contributed by atoms with E-state index in [1.165, 1.54) is 6.07 Å². The molecule has 1 aliphatic rings. The fraction of sp³-hybridized carbons (Fsp3) is 0.267. The van der Waals surface area contributed by atoms with Gasteiger partial charge in [-0.2, -0.15) is 0 Å². The third-order valence-electron chi connectivity index (χ3n) is 3.48. The van der Waals surface area contributed by atoms with Crippen LogP contribution in [0.3, 0.4) is 0 Å². The van der Waals surface area contributed by atoms with E-state index in [9.17, 15) is 9.18 Å². The van der Waals surface area contributed by atoms with Gasteiger partial charge in [0.05, 0.1) is 11.7 Å². The number of furan rings is 1. The van der Waals surface area contributed by atoms with Crippen molar-refractivity contribution in [2.75, 3.05) is 10.6 Å². The number of fused-ring (bicyclic) bond motifs is 1. The number of carbonyl (C=O) groups excluding carboxylic acids is 1. The predicted octanol–water partition coefficient (Wildman–Crippen LogP) is 4.24. The topological polar surface area (TPSA) is 54.3 Å². The van der Waals surface area contributed by atoms with E-state index in [4.69, 9.17) is 4.42 Å². The van der Waals surface area contributed by atoms with Crippen LogP contribution in [0, 0.1) is 5.82 Å². The first kappa shape index (κ1) is 14.1. The minimum atomic E-state index is -0.331.